The van der Waals surface area contributed by atoms with Gasteiger partial charge in [-0.15, -0.1) is 0 Å². The highest BCUT2D eigenvalue weighted by Crippen LogP contribution is 2.42. The van der Waals surface area contributed by atoms with Gasteiger partial charge in [-0.25, -0.2) is 4.79 Å². The van der Waals surface area contributed by atoms with Crippen LogP contribution in [0.25, 0.3) is 0 Å². The molecular formula is C25H25NO5. The third-order valence-electron chi connectivity index (χ3n) is 6.26. The molecule has 1 heterocycles. The van der Waals surface area contributed by atoms with Gasteiger partial charge in [0.2, 0.25) is 17.6 Å². The molecule has 1 aliphatic heterocycles. The van der Waals surface area contributed by atoms with E-state index in [2.05, 4.69) is 6.92 Å². The minimum Gasteiger partial charge on any atom is -0.451 e. The van der Waals surface area contributed by atoms with E-state index in [9.17, 15) is 19.2 Å². The maximum absolute atomic E-state index is 12.8. The van der Waals surface area contributed by atoms with Crippen molar-refractivity contribution in [2.45, 2.75) is 39.2 Å². The summed E-state index contributed by atoms with van der Waals surface area (Å²) >= 11 is 0. The Balaban J connectivity index is 1.44. The number of amides is 2. The lowest BCUT2D eigenvalue weighted by atomic mass is 9.76. The molecule has 31 heavy (non-hydrogen) atoms. The molecule has 2 aromatic rings. The van der Waals surface area contributed by atoms with Crippen molar-refractivity contribution in [3.63, 3.8) is 0 Å². The zero-order valence-electron chi connectivity index (χ0n) is 17.6. The second-order valence-corrected chi connectivity index (χ2v) is 8.47. The van der Waals surface area contributed by atoms with Crippen LogP contribution in [0.5, 0.6) is 0 Å². The maximum Gasteiger partial charge on any atom is 0.338 e. The van der Waals surface area contributed by atoms with E-state index in [0.29, 0.717) is 17.2 Å². The topological polar surface area (TPSA) is 80.8 Å². The molecule has 2 fully saturated rings. The summed E-state index contributed by atoms with van der Waals surface area (Å²) < 4.78 is 5.31. The predicted octanol–water partition coefficient (Wildman–Crippen LogP) is 4.04. The molecule has 1 saturated carbocycles. The zero-order chi connectivity index (χ0) is 22.1. The highest BCUT2D eigenvalue weighted by Gasteiger charge is 2.49. The summed E-state index contributed by atoms with van der Waals surface area (Å²) in [5.74, 6) is -1.27. The molecule has 2 aromatic carbocycles. The number of nitrogens with zero attached hydrogens (tertiary/aromatic N) is 1. The maximum atomic E-state index is 12.8. The quantitative estimate of drug-likeness (QED) is 0.415. The third kappa shape index (κ3) is 4.02. The molecule has 0 spiro atoms. The molecule has 0 radical (unpaired) electrons. The van der Waals surface area contributed by atoms with Crippen LogP contribution in [0, 0.1) is 17.8 Å². The third-order valence-corrected chi connectivity index (χ3v) is 6.26. The molecule has 0 bridgehead atoms. The van der Waals surface area contributed by atoms with Gasteiger partial charge in [-0.1, -0.05) is 37.3 Å². The monoisotopic (exact) mass is 419 g/mol. The van der Waals surface area contributed by atoms with Gasteiger partial charge < -0.3 is 4.74 Å². The smallest absolute Gasteiger partial charge is 0.338 e. The first-order valence-electron chi connectivity index (χ1n) is 10.6. The van der Waals surface area contributed by atoms with E-state index < -0.39 is 12.1 Å². The number of esters is 1. The molecule has 1 saturated heterocycles. The normalized spacial score (nSPS) is 23.9. The van der Waals surface area contributed by atoms with E-state index >= 15 is 0 Å². The van der Waals surface area contributed by atoms with Gasteiger partial charge in [-0.3, -0.25) is 19.3 Å². The highest BCUT2D eigenvalue weighted by molar-refractivity contribution is 6.22. The van der Waals surface area contributed by atoms with Crippen LogP contribution in [-0.2, 0) is 14.3 Å². The Kier molecular flexibility index (Phi) is 5.72. The second kappa shape index (κ2) is 8.46. The first-order valence-corrected chi connectivity index (χ1v) is 10.6. The predicted molar refractivity (Wildman–Crippen MR) is 115 cm³/mol. The van der Waals surface area contributed by atoms with Crippen LogP contribution in [0.2, 0.25) is 0 Å². The van der Waals surface area contributed by atoms with Crippen molar-refractivity contribution in [1.82, 2.24) is 0 Å². The number of imide groups is 1. The molecule has 4 rings (SSSR count). The van der Waals surface area contributed by atoms with Gasteiger partial charge in [0.05, 0.1) is 23.1 Å². The average Bonchev–Trinajstić information content (AvgIpc) is 3.03. The molecule has 6 heteroatoms. The zero-order valence-corrected chi connectivity index (χ0v) is 17.6. The Bertz CT molecular complexity index is 1010. The van der Waals surface area contributed by atoms with Crippen LogP contribution < -0.4 is 4.90 Å². The van der Waals surface area contributed by atoms with Crippen molar-refractivity contribution >= 4 is 29.3 Å². The summed E-state index contributed by atoms with van der Waals surface area (Å²) in [5.41, 5.74) is 1.18. The summed E-state index contributed by atoms with van der Waals surface area (Å²) in [4.78, 5) is 51.8. The Morgan fingerprint density at radius 2 is 1.55 bits per heavy atom. The summed E-state index contributed by atoms with van der Waals surface area (Å²) in [5, 5.41) is 0. The number of hydrogen-bond donors (Lipinski definition) is 0. The van der Waals surface area contributed by atoms with Crippen molar-refractivity contribution in [1.29, 1.82) is 0 Å². The van der Waals surface area contributed by atoms with Crippen LogP contribution >= 0.6 is 0 Å². The molecule has 6 nitrogen and oxygen atoms in total. The SMILES string of the molecule is C[C@H]1CC[C@@H]2C(=O)N(c3ccc(C(=O)O[C@@H](C)C(=O)c4ccccc4)cc3)C(=O)[C@@H]2C1. The van der Waals surface area contributed by atoms with E-state index in [-0.39, 0.29) is 35.0 Å². The number of Topliss-reactive ketones (excluding diaryl/α,β-unsaturated/α-hetero) is 1. The van der Waals surface area contributed by atoms with Gasteiger partial charge in [0.25, 0.3) is 0 Å². The average molecular weight is 419 g/mol. The lowest BCUT2D eigenvalue weighted by Crippen LogP contribution is -2.31. The summed E-state index contributed by atoms with van der Waals surface area (Å²) in [6.07, 6.45) is 1.51. The molecule has 0 aromatic heterocycles. The first kappa shape index (κ1) is 21.0. The summed E-state index contributed by atoms with van der Waals surface area (Å²) in [6.45, 7) is 3.65. The number of carbonyl (C=O) groups is 4. The Morgan fingerprint density at radius 3 is 2.23 bits per heavy atom. The fraction of sp³-hybridized carbons (Fsp3) is 0.360. The van der Waals surface area contributed by atoms with Crippen molar-refractivity contribution in [3.8, 4) is 0 Å². The fourth-order valence-electron chi connectivity index (χ4n) is 4.51. The minimum atomic E-state index is -0.929. The molecule has 2 amide bonds. The summed E-state index contributed by atoms with van der Waals surface area (Å²) in [7, 11) is 0. The molecule has 0 unspecified atom stereocenters. The Labute approximate surface area is 181 Å². The molecule has 4 atom stereocenters. The molecule has 1 aliphatic carbocycles. The number of fused-ring (bicyclic) bond motifs is 1. The molecule has 2 aliphatic rings. The van der Waals surface area contributed by atoms with Gasteiger partial charge in [0.1, 0.15) is 0 Å². The van der Waals surface area contributed by atoms with Crippen LogP contribution in [0.1, 0.15) is 53.8 Å². The number of hydrogen-bond acceptors (Lipinski definition) is 5. The van der Waals surface area contributed by atoms with E-state index in [4.69, 9.17) is 4.74 Å². The first-order chi connectivity index (χ1) is 14.9. The van der Waals surface area contributed by atoms with E-state index in [1.807, 2.05) is 0 Å². The minimum absolute atomic E-state index is 0.153. The van der Waals surface area contributed by atoms with Crippen LogP contribution in [0.3, 0.4) is 0 Å². The van der Waals surface area contributed by atoms with Gasteiger partial charge in [0.15, 0.2) is 6.10 Å². The van der Waals surface area contributed by atoms with Crippen molar-refractivity contribution < 1.29 is 23.9 Å². The number of ether oxygens (including phenoxy) is 1. The molecule has 160 valence electrons. The largest absolute Gasteiger partial charge is 0.451 e. The standard InChI is InChI=1S/C25H25NO5/c1-15-8-13-20-21(14-15)24(29)26(23(20)28)19-11-9-18(10-12-19)25(30)31-16(2)22(27)17-6-4-3-5-7-17/h3-7,9-12,15-16,20-21H,8,13-14H2,1-2H3/t15-,16-,20-,21+/m0/s1. The van der Waals surface area contributed by atoms with E-state index in [1.165, 1.54) is 24.0 Å². The van der Waals surface area contributed by atoms with Gasteiger partial charge >= 0.3 is 5.97 Å². The van der Waals surface area contributed by atoms with Crippen LogP contribution in [-0.4, -0.2) is 29.7 Å². The Morgan fingerprint density at radius 1 is 0.903 bits per heavy atom. The number of anilines is 1. The van der Waals surface area contributed by atoms with Crippen molar-refractivity contribution in [3.05, 3.63) is 65.7 Å². The van der Waals surface area contributed by atoms with E-state index in [0.717, 1.165) is 19.3 Å². The van der Waals surface area contributed by atoms with Gasteiger partial charge in [-0.2, -0.15) is 0 Å². The van der Waals surface area contributed by atoms with Gasteiger partial charge in [0, 0.05) is 5.56 Å². The second-order valence-electron chi connectivity index (χ2n) is 8.47. The van der Waals surface area contributed by atoms with Crippen molar-refractivity contribution in [2.24, 2.45) is 17.8 Å². The number of rotatable bonds is 5. The highest BCUT2D eigenvalue weighted by atomic mass is 16.5. The fourth-order valence-corrected chi connectivity index (χ4v) is 4.51. The number of ketones is 1. The molecular weight excluding hydrogens is 394 g/mol. The van der Waals surface area contributed by atoms with Crippen LogP contribution in [0.15, 0.2) is 54.6 Å². The number of benzene rings is 2. The van der Waals surface area contributed by atoms with Crippen molar-refractivity contribution in [2.75, 3.05) is 4.90 Å². The summed E-state index contributed by atoms with van der Waals surface area (Å²) in [6, 6.07) is 14.8. The lowest BCUT2D eigenvalue weighted by Gasteiger charge is -2.25. The number of carbonyl (C=O) groups excluding carboxylic acids is 4. The van der Waals surface area contributed by atoms with Crippen LogP contribution in [0.4, 0.5) is 5.69 Å². The van der Waals surface area contributed by atoms with E-state index in [1.54, 1.807) is 42.5 Å². The lowest BCUT2D eigenvalue weighted by molar-refractivity contribution is -0.122. The Hall–Kier alpha value is -3.28. The molecule has 0 N–H and O–H groups in total. The van der Waals surface area contributed by atoms with Gasteiger partial charge in [-0.05, 0) is 56.4 Å².